The van der Waals surface area contributed by atoms with Crippen molar-refractivity contribution in [1.29, 1.82) is 0 Å². The number of ether oxygens (including phenoxy) is 2. The molecule has 0 unspecified atom stereocenters. The van der Waals surface area contributed by atoms with Crippen LogP contribution in [0.2, 0.25) is 0 Å². The quantitative estimate of drug-likeness (QED) is 0.754. The number of aromatic nitrogens is 1. The molecule has 0 radical (unpaired) electrons. The van der Waals surface area contributed by atoms with Crippen LogP contribution in [0.5, 0.6) is 11.5 Å². The lowest BCUT2D eigenvalue weighted by molar-refractivity contribution is -0.130. The average Bonchev–Trinajstić information content (AvgIpc) is 3.31. The molecule has 0 spiro atoms. The van der Waals surface area contributed by atoms with Gasteiger partial charge in [-0.15, -0.1) is 11.3 Å². The zero-order chi connectivity index (χ0) is 19.0. The third-order valence-electron chi connectivity index (χ3n) is 4.14. The normalized spacial score (nSPS) is 18.0. The predicted octanol–water partition coefficient (Wildman–Crippen LogP) is 1.63. The van der Waals surface area contributed by atoms with E-state index < -0.39 is 18.0 Å². The minimum atomic E-state index is -0.896. The van der Waals surface area contributed by atoms with E-state index >= 15 is 0 Å². The molecule has 2 aromatic rings. The highest BCUT2D eigenvalue weighted by Crippen LogP contribution is 2.33. The summed E-state index contributed by atoms with van der Waals surface area (Å²) in [5.41, 5.74) is 0.728. The fourth-order valence-electron chi connectivity index (χ4n) is 2.86. The van der Waals surface area contributed by atoms with Crippen LogP contribution in [0, 0.1) is 6.92 Å². The summed E-state index contributed by atoms with van der Waals surface area (Å²) in [6.45, 7) is 2.12. The Morgan fingerprint density at radius 2 is 2.19 bits per heavy atom. The Morgan fingerprint density at radius 1 is 1.37 bits per heavy atom. The number of fused-ring (bicyclic) bond motifs is 1. The summed E-state index contributed by atoms with van der Waals surface area (Å²) in [4.78, 5) is 42.9. The van der Waals surface area contributed by atoms with Crippen molar-refractivity contribution in [2.75, 3.05) is 12.1 Å². The van der Waals surface area contributed by atoms with Crippen molar-refractivity contribution in [3.63, 3.8) is 0 Å². The maximum absolute atomic E-state index is 12.5. The molecule has 3 heterocycles. The Bertz CT molecular complexity index is 928. The zero-order valence-corrected chi connectivity index (χ0v) is 15.2. The lowest BCUT2D eigenvalue weighted by Gasteiger charge is -2.13. The summed E-state index contributed by atoms with van der Waals surface area (Å²) in [7, 11) is 0. The number of benzene rings is 1. The minimum absolute atomic E-state index is 0.0884. The Morgan fingerprint density at radius 3 is 2.96 bits per heavy atom. The molecule has 10 heteroatoms. The average molecular weight is 388 g/mol. The van der Waals surface area contributed by atoms with Gasteiger partial charge in [0.25, 0.3) is 5.91 Å². The summed E-state index contributed by atoms with van der Waals surface area (Å²) < 4.78 is 10.6. The van der Waals surface area contributed by atoms with Crippen LogP contribution in [-0.2, 0) is 16.1 Å². The van der Waals surface area contributed by atoms with Crippen LogP contribution in [0.25, 0.3) is 0 Å². The fraction of sp³-hybridized carbons (Fsp3) is 0.294. The van der Waals surface area contributed by atoms with Gasteiger partial charge in [-0.2, -0.15) is 0 Å². The third kappa shape index (κ3) is 3.56. The van der Waals surface area contributed by atoms with Gasteiger partial charge in [0.1, 0.15) is 6.04 Å². The van der Waals surface area contributed by atoms with Gasteiger partial charge in [-0.1, -0.05) is 6.07 Å². The summed E-state index contributed by atoms with van der Waals surface area (Å²) in [5.74, 6) is 0.383. The summed E-state index contributed by atoms with van der Waals surface area (Å²) >= 11 is 1.34. The van der Waals surface area contributed by atoms with Crippen LogP contribution >= 0.6 is 11.3 Å². The second kappa shape index (κ2) is 6.88. The molecular formula is C17H16N4O5S. The monoisotopic (exact) mass is 388 g/mol. The van der Waals surface area contributed by atoms with Crippen molar-refractivity contribution in [2.45, 2.75) is 25.9 Å². The first-order valence-corrected chi connectivity index (χ1v) is 9.04. The Balaban J connectivity index is 1.39. The Labute approximate surface area is 158 Å². The lowest BCUT2D eigenvalue weighted by Crippen LogP contribution is -2.34. The van der Waals surface area contributed by atoms with Gasteiger partial charge in [-0.05, 0) is 24.6 Å². The molecule has 0 bridgehead atoms. The molecule has 1 saturated heterocycles. The van der Waals surface area contributed by atoms with Crippen LogP contribution in [0.15, 0.2) is 24.4 Å². The van der Waals surface area contributed by atoms with E-state index in [9.17, 15) is 14.4 Å². The summed E-state index contributed by atoms with van der Waals surface area (Å²) in [6, 6.07) is 3.80. The Kier molecular flexibility index (Phi) is 4.40. The molecule has 1 aromatic carbocycles. The van der Waals surface area contributed by atoms with Gasteiger partial charge in [-0.25, -0.2) is 9.78 Å². The van der Waals surface area contributed by atoms with Crippen LogP contribution in [0.3, 0.4) is 0 Å². The molecule has 1 fully saturated rings. The highest BCUT2D eigenvalue weighted by Gasteiger charge is 2.39. The number of carbonyl (C=O) groups is 3. The fourth-order valence-corrected chi connectivity index (χ4v) is 3.54. The number of hydrogen-bond acceptors (Lipinski definition) is 7. The van der Waals surface area contributed by atoms with E-state index in [2.05, 4.69) is 15.6 Å². The van der Waals surface area contributed by atoms with Gasteiger partial charge in [0.05, 0.1) is 13.0 Å². The SMILES string of the molecule is Cc1cnc(NC(=O)C[C@@H]2NC(=O)N(Cc3ccc4c(c3)OCO4)C2=O)s1. The van der Waals surface area contributed by atoms with E-state index in [0.29, 0.717) is 16.6 Å². The molecule has 0 aliphatic carbocycles. The van der Waals surface area contributed by atoms with Crippen LogP contribution in [0.1, 0.15) is 16.9 Å². The molecule has 9 nitrogen and oxygen atoms in total. The molecule has 0 saturated carbocycles. The maximum atomic E-state index is 12.5. The van der Waals surface area contributed by atoms with Crippen molar-refractivity contribution in [3.8, 4) is 11.5 Å². The van der Waals surface area contributed by atoms with Crippen LogP contribution < -0.4 is 20.1 Å². The van der Waals surface area contributed by atoms with Crippen LogP contribution in [-0.4, -0.2) is 40.6 Å². The van der Waals surface area contributed by atoms with E-state index in [4.69, 9.17) is 9.47 Å². The first-order valence-electron chi connectivity index (χ1n) is 8.22. The second-order valence-corrected chi connectivity index (χ2v) is 7.38. The lowest BCUT2D eigenvalue weighted by atomic mass is 10.1. The molecule has 2 aliphatic rings. The van der Waals surface area contributed by atoms with E-state index in [1.54, 1.807) is 24.4 Å². The minimum Gasteiger partial charge on any atom is -0.454 e. The molecule has 1 aromatic heterocycles. The molecular weight excluding hydrogens is 372 g/mol. The largest absolute Gasteiger partial charge is 0.454 e. The first-order chi connectivity index (χ1) is 13.0. The van der Waals surface area contributed by atoms with Gasteiger partial charge in [0.15, 0.2) is 16.6 Å². The molecule has 1 atom stereocenters. The standard InChI is InChI=1S/C17H16N4O5S/c1-9-6-18-16(27-9)20-14(22)5-11-15(23)21(17(24)19-11)7-10-2-3-12-13(4-10)26-8-25-12/h2-4,6,11H,5,7-8H2,1H3,(H,19,24)(H,18,20,22)/t11-/m0/s1. The van der Waals surface area contributed by atoms with Gasteiger partial charge < -0.3 is 20.1 Å². The number of anilines is 1. The van der Waals surface area contributed by atoms with Gasteiger partial charge in [0, 0.05) is 11.1 Å². The molecule has 4 amide bonds. The first kappa shape index (κ1) is 17.3. The van der Waals surface area contributed by atoms with E-state index in [1.165, 1.54) is 11.3 Å². The predicted molar refractivity (Wildman–Crippen MR) is 95.5 cm³/mol. The number of urea groups is 1. The van der Waals surface area contributed by atoms with Crippen molar-refractivity contribution >= 4 is 34.3 Å². The number of thiazole rings is 1. The molecule has 27 heavy (non-hydrogen) atoms. The highest BCUT2D eigenvalue weighted by atomic mass is 32.1. The van der Waals surface area contributed by atoms with Crippen molar-refractivity contribution < 1.29 is 23.9 Å². The zero-order valence-electron chi connectivity index (χ0n) is 14.4. The van der Waals surface area contributed by atoms with Crippen molar-refractivity contribution in [3.05, 3.63) is 34.8 Å². The van der Waals surface area contributed by atoms with E-state index in [1.807, 2.05) is 6.92 Å². The second-order valence-electron chi connectivity index (χ2n) is 6.14. The van der Waals surface area contributed by atoms with E-state index in [0.717, 1.165) is 15.3 Å². The summed E-state index contributed by atoms with van der Waals surface area (Å²) in [5, 5.41) is 5.65. The number of carbonyl (C=O) groups excluding carboxylic acids is 3. The molecule has 2 N–H and O–H groups in total. The number of rotatable bonds is 5. The maximum Gasteiger partial charge on any atom is 0.325 e. The smallest absolute Gasteiger partial charge is 0.325 e. The van der Waals surface area contributed by atoms with Crippen molar-refractivity contribution in [1.82, 2.24) is 15.2 Å². The number of imide groups is 1. The number of hydrogen-bond donors (Lipinski definition) is 2. The number of nitrogens with one attached hydrogen (secondary N) is 2. The molecule has 2 aliphatic heterocycles. The topological polar surface area (TPSA) is 110 Å². The third-order valence-corrected chi connectivity index (χ3v) is 4.97. The number of amides is 4. The van der Waals surface area contributed by atoms with Crippen molar-refractivity contribution in [2.24, 2.45) is 0 Å². The highest BCUT2D eigenvalue weighted by molar-refractivity contribution is 7.15. The van der Waals surface area contributed by atoms with E-state index in [-0.39, 0.29) is 25.7 Å². The van der Waals surface area contributed by atoms with Gasteiger partial charge in [0.2, 0.25) is 12.7 Å². The number of aryl methyl sites for hydroxylation is 1. The van der Waals surface area contributed by atoms with Crippen LogP contribution in [0.4, 0.5) is 9.93 Å². The molecule has 140 valence electrons. The summed E-state index contributed by atoms with van der Waals surface area (Å²) in [6.07, 6.45) is 1.50. The Hall–Kier alpha value is -3.14. The van der Waals surface area contributed by atoms with Gasteiger partial charge in [-0.3, -0.25) is 14.5 Å². The molecule has 4 rings (SSSR count). The van der Waals surface area contributed by atoms with Gasteiger partial charge >= 0.3 is 6.03 Å². The number of nitrogens with zero attached hydrogens (tertiary/aromatic N) is 2.